The van der Waals surface area contributed by atoms with Crippen molar-refractivity contribution in [2.45, 2.75) is 18.2 Å². The number of fused-ring (bicyclic) bond motifs is 1. The minimum Gasteiger partial charge on any atom is -0.318 e. The topological polar surface area (TPSA) is 96.0 Å². The Labute approximate surface area is 142 Å². The zero-order valence-electron chi connectivity index (χ0n) is 12.9. The summed E-state index contributed by atoms with van der Waals surface area (Å²) < 4.78 is 1.53. The Balaban J connectivity index is 1.81. The molecule has 120 valence electrons. The predicted molar refractivity (Wildman–Crippen MR) is 90.9 cm³/mol. The van der Waals surface area contributed by atoms with Gasteiger partial charge in [0.25, 0.3) is 11.7 Å². The average Bonchev–Trinajstić information content (AvgIpc) is 3.02. The number of hydrogen-bond acceptors (Lipinski definition) is 6. The Morgan fingerprint density at radius 1 is 1.38 bits per heavy atom. The van der Waals surface area contributed by atoms with Crippen molar-refractivity contribution in [2.24, 2.45) is 0 Å². The van der Waals surface area contributed by atoms with Crippen molar-refractivity contribution < 1.29 is 4.79 Å². The van der Waals surface area contributed by atoms with E-state index in [2.05, 4.69) is 26.5 Å². The lowest BCUT2D eigenvalue weighted by molar-refractivity contribution is 0.101. The van der Waals surface area contributed by atoms with Gasteiger partial charge in [0.1, 0.15) is 0 Å². The molecule has 0 unspecified atom stereocenters. The average molecular weight is 338 g/mol. The molecule has 1 N–H and O–H groups in total. The molecule has 3 aromatic rings. The van der Waals surface area contributed by atoms with Gasteiger partial charge in [0, 0.05) is 29.0 Å². The van der Waals surface area contributed by atoms with E-state index in [-0.39, 0.29) is 5.82 Å². The molecular weight excluding hydrogens is 324 g/mol. The minimum absolute atomic E-state index is 0.0635. The first kappa shape index (κ1) is 16.0. The van der Waals surface area contributed by atoms with Crippen LogP contribution in [-0.2, 0) is 0 Å². The first-order valence-corrected chi connectivity index (χ1v) is 8.26. The SMILES string of the molecule is Cc1ccnc2nc(C(=O)Nc3ccccc3SCCC#N)nn12. The summed E-state index contributed by atoms with van der Waals surface area (Å²) in [6.45, 7) is 1.87. The molecule has 0 aliphatic carbocycles. The molecule has 0 bridgehead atoms. The van der Waals surface area contributed by atoms with Crippen LogP contribution in [0.2, 0.25) is 0 Å². The normalized spacial score (nSPS) is 10.5. The van der Waals surface area contributed by atoms with Gasteiger partial charge in [-0.2, -0.15) is 10.2 Å². The molecule has 0 saturated heterocycles. The van der Waals surface area contributed by atoms with Crippen LogP contribution in [0.4, 0.5) is 5.69 Å². The third-order valence-corrected chi connectivity index (χ3v) is 4.31. The number of carbonyl (C=O) groups is 1. The van der Waals surface area contributed by atoms with E-state index >= 15 is 0 Å². The summed E-state index contributed by atoms with van der Waals surface area (Å²) in [6, 6.07) is 11.3. The molecule has 0 atom stereocenters. The van der Waals surface area contributed by atoms with Crippen molar-refractivity contribution in [2.75, 3.05) is 11.1 Å². The van der Waals surface area contributed by atoms with Crippen LogP contribution in [0.1, 0.15) is 22.7 Å². The van der Waals surface area contributed by atoms with Crippen LogP contribution in [0, 0.1) is 18.3 Å². The molecule has 0 aliphatic heterocycles. The molecule has 0 spiro atoms. The fourth-order valence-corrected chi connectivity index (χ4v) is 2.95. The molecule has 0 fully saturated rings. The van der Waals surface area contributed by atoms with E-state index in [1.165, 1.54) is 16.3 Å². The summed E-state index contributed by atoms with van der Waals surface area (Å²) >= 11 is 1.52. The van der Waals surface area contributed by atoms with Gasteiger partial charge in [-0.05, 0) is 25.1 Å². The summed E-state index contributed by atoms with van der Waals surface area (Å²) in [6.07, 6.45) is 2.08. The van der Waals surface area contributed by atoms with Crippen LogP contribution in [0.5, 0.6) is 0 Å². The fraction of sp³-hybridized carbons (Fsp3) is 0.188. The highest BCUT2D eigenvalue weighted by Crippen LogP contribution is 2.27. The van der Waals surface area contributed by atoms with E-state index in [9.17, 15) is 4.79 Å². The molecule has 1 aromatic carbocycles. The second kappa shape index (κ2) is 7.10. The van der Waals surface area contributed by atoms with E-state index in [4.69, 9.17) is 5.26 Å². The van der Waals surface area contributed by atoms with Gasteiger partial charge in [0.2, 0.25) is 5.82 Å². The molecule has 2 aromatic heterocycles. The van der Waals surface area contributed by atoms with Crippen molar-refractivity contribution in [1.82, 2.24) is 19.6 Å². The number of aromatic nitrogens is 4. The van der Waals surface area contributed by atoms with Gasteiger partial charge >= 0.3 is 0 Å². The highest BCUT2D eigenvalue weighted by Gasteiger charge is 2.16. The van der Waals surface area contributed by atoms with Crippen molar-refractivity contribution in [1.29, 1.82) is 5.26 Å². The predicted octanol–water partition coefficient (Wildman–Crippen LogP) is 2.69. The highest BCUT2D eigenvalue weighted by molar-refractivity contribution is 7.99. The number of hydrogen-bond donors (Lipinski definition) is 1. The van der Waals surface area contributed by atoms with E-state index in [0.29, 0.717) is 23.6 Å². The Bertz CT molecular complexity index is 930. The number of amides is 1. The molecule has 1 amide bonds. The number of thioether (sulfide) groups is 1. The number of carbonyl (C=O) groups excluding carboxylic acids is 1. The number of aryl methyl sites for hydroxylation is 1. The Hall–Kier alpha value is -2.92. The van der Waals surface area contributed by atoms with Crippen LogP contribution in [-0.4, -0.2) is 31.2 Å². The van der Waals surface area contributed by atoms with Crippen LogP contribution in [0.15, 0.2) is 41.4 Å². The summed E-state index contributed by atoms with van der Waals surface area (Å²) in [5.74, 6) is 0.720. The number of rotatable bonds is 5. The number of nitrogens with zero attached hydrogens (tertiary/aromatic N) is 5. The largest absolute Gasteiger partial charge is 0.318 e. The lowest BCUT2D eigenvalue weighted by Crippen LogP contribution is -2.14. The molecule has 0 radical (unpaired) electrons. The van der Waals surface area contributed by atoms with Gasteiger partial charge in [0.05, 0.1) is 11.8 Å². The van der Waals surface area contributed by atoms with Gasteiger partial charge in [0.15, 0.2) is 0 Å². The zero-order valence-corrected chi connectivity index (χ0v) is 13.7. The molecule has 24 heavy (non-hydrogen) atoms. The van der Waals surface area contributed by atoms with E-state index in [0.717, 1.165) is 10.6 Å². The summed E-state index contributed by atoms with van der Waals surface area (Å²) in [7, 11) is 0. The van der Waals surface area contributed by atoms with Crippen molar-refractivity contribution >= 4 is 29.1 Å². The first-order valence-electron chi connectivity index (χ1n) is 7.27. The fourth-order valence-electron chi connectivity index (χ4n) is 2.08. The number of anilines is 1. The Kier molecular flexibility index (Phi) is 4.72. The second-order valence-electron chi connectivity index (χ2n) is 4.94. The van der Waals surface area contributed by atoms with Gasteiger partial charge in [-0.25, -0.2) is 9.50 Å². The molecule has 3 rings (SSSR count). The number of para-hydroxylation sites is 1. The van der Waals surface area contributed by atoms with E-state index < -0.39 is 5.91 Å². The highest BCUT2D eigenvalue weighted by atomic mass is 32.2. The molecule has 0 aliphatic rings. The number of nitrogens with one attached hydrogen (secondary N) is 1. The van der Waals surface area contributed by atoms with Crippen LogP contribution in [0.3, 0.4) is 0 Å². The van der Waals surface area contributed by atoms with Gasteiger partial charge < -0.3 is 5.32 Å². The zero-order chi connectivity index (χ0) is 16.9. The summed E-state index contributed by atoms with van der Waals surface area (Å²) in [5.41, 5.74) is 1.52. The van der Waals surface area contributed by atoms with Crippen molar-refractivity contribution in [3.05, 3.63) is 48.0 Å². The monoisotopic (exact) mass is 338 g/mol. The third-order valence-electron chi connectivity index (χ3n) is 3.24. The molecule has 8 heteroatoms. The van der Waals surface area contributed by atoms with Crippen LogP contribution >= 0.6 is 11.8 Å². The number of nitriles is 1. The lowest BCUT2D eigenvalue weighted by Gasteiger charge is -2.08. The quantitative estimate of drug-likeness (QED) is 0.567. The van der Waals surface area contributed by atoms with E-state index in [1.807, 2.05) is 31.2 Å². The smallest absolute Gasteiger partial charge is 0.295 e. The van der Waals surface area contributed by atoms with Gasteiger partial charge in [-0.3, -0.25) is 4.79 Å². The second-order valence-corrected chi connectivity index (χ2v) is 6.08. The van der Waals surface area contributed by atoms with Crippen molar-refractivity contribution in [3.63, 3.8) is 0 Å². The van der Waals surface area contributed by atoms with Gasteiger partial charge in [-0.1, -0.05) is 12.1 Å². The molecule has 0 saturated carbocycles. The maximum atomic E-state index is 12.4. The summed E-state index contributed by atoms with van der Waals surface area (Å²) in [4.78, 5) is 21.6. The lowest BCUT2D eigenvalue weighted by atomic mass is 10.3. The first-order chi connectivity index (χ1) is 11.7. The maximum Gasteiger partial charge on any atom is 0.295 e. The molecule has 2 heterocycles. The molecule has 7 nitrogen and oxygen atoms in total. The van der Waals surface area contributed by atoms with Crippen molar-refractivity contribution in [3.8, 4) is 6.07 Å². The Morgan fingerprint density at radius 2 is 2.21 bits per heavy atom. The standard InChI is InChI=1S/C16H14N6OS/c1-11-7-9-18-16-20-14(21-22(11)16)15(23)19-12-5-2-3-6-13(12)24-10-4-8-17/h2-3,5-7,9H,4,10H2,1H3,(H,19,23). The minimum atomic E-state index is -0.395. The van der Waals surface area contributed by atoms with Crippen LogP contribution in [0.25, 0.3) is 5.78 Å². The maximum absolute atomic E-state index is 12.4. The number of benzene rings is 1. The van der Waals surface area contributed by atoms with Crippen LogP contribution < -0.4 is 5.32 Å². The van der Waals surface area contributed by atoms with E-state index in [1.54, 1.807) is 12.3 Å². The summed E-state index contributed by atoms with van der Waals surface area (Å²) in [5, 5.41) is 15.7. The Morgan fingerprint density at radius 3 is 3.00 bits per heavy atom. The van der Waals surface area contributed by atoms with Gasteiger partial charge in [-0.15, -0.1) is 16.9 Å². The third kappa shape index (κ3) is 3.36. The molecular formula is C16H14N6OS.